The van der Waals surface area contributed by atoms with E-state index in [9.17, 15) is 18.8 Å². The molecule has 3 aromatic rings. The highest BCUT2D eigenvalue weighted by Crippen LogP contribution is 2.22. The highest BCUT2D eigenvalue weighted by atomic mass is 19.1. The topological polar surface area (TPSA) is 71.8 Å². The van der Waals surface area contributed by atoms with Gasteiger partial charge in [-0.2, -0.15) is 0 Å². The van der Waals surface area contributed by atoms with Gasteiger partial charge in [0, 0.05) is 48.8 Å². The van der Waals surface area contributed by atoms with Crippen molar-refractivity contribution in [2.24, 2.45) is 0 Å². The van der Waals surface area contributed by atoms with Crippen molar-refractivity contribution in [1.82, 2.24) is 14.4 Å². The fourth-order valence-corrected chi connectivity index (χ4v) is 3.83. The van der Waals surface area contributed by atoms with Crippen LogP contribution in [0.5, 0.6) is 0 Å². The van der Waals surface area contributed by atoms with Crippen LogP contribution in [0.25, 0.3) is 10.9 Å². The van der Waals surface area contributed by atoms with E-state index >= 15 is 0 Å². The van der Waals surface area contributed by atoms with Crippen LogP contribution in [0.3, 0.4) is 0 Å². The Morgan fingerprint density at radius 2 is 1.58 bits per heavy atom. The SMILES string of the molecule is COC(=O)c1cn(CC(=O)N2CCN(C(=O)c3ccc(F)cc3)CC2)c2ccccc12. The van der Waals surface area contributed by atoms with Gasteiger partial charge < -0.3 is 19.1 Å². The number of piperazine rings is 1. The van der Waals surface area contributed by atoms with Gasteiger partial charge in [0.2, 0.25) is 5.91 Å². The van der Waals surface area contributed by atoms with Gasteiger partial charge in [-0.3, -0.25) is 9.59 Å². The molecule has 2 heterocycles. The first kappa shape index (κ1) is 20.6. The van der Waals surface area contributed by atoms with Crippen LogP contribution in [0.15, 0.2) is 54.7 Å². The predicted octanol–water partition coefficient (Wildman–Crippen LogP) is 2.55. The van der Waals surface area contributed by atoms with Crippen molar-refractivity contribution in [2.75, 3.05) is 33.3 Å². The van der Waals surface area contributed by atoms with Gasteiger partial charge in [-0.1, -0.05) is 18.2 Å². The Morgan fingerprint density at radius 3 is 2.26 bits per heavy atom. The van der Waals surface area contributed by atoms with Crippen LogP contribution in [-0.2, 0) is 16.1 Å². The van der Waals surface area contributed by atoms with Crippen LogP contribution < -0.4 is 0 Å². The molecule has 1 aliphatic rings. The number of nitrogens with zero attached hydrogens (tertiary/aromatic N) is 3. The molecule has 0 atom stereocenters. The predicted molar refractivity (Wildman–Crippen MR) is 112 cm³/mol. The number of hydrogen-bond donors (Lipinski definition) is 0. The maximum absolute atomic E-state index is 13.1. The summed E-state index contributed by atoms with van der Waals surface area (Å²) in [5.74, 6) is -1.10. The van der Waals surface area contributed by atoms with Crippen molar-refractivity contribution < 1.29 is 23.5 Å². The molecule has 0 aliphatic carbocycles. The number of carbonyl (C=O) groups is 3. The second-order valence-electron chi connectivity index (χ2n) is 7.36. The highest BCUT2D eigenvalue weighted by molar-refractivity contribution is 6.04. The molecule has 2 aromatic carbocycles. The van der Waals surface area contributed by atoms with Crippen LogP contribution in [0.2, 0.25) is 0 Å². The Morgan fingerprint density at radius 1 is 0.935 bits per heavy atom. The molecule has 8 heteroatoms. The van der Waals surface area contributed by atoms with E-state index < -0.39 is 5.97 Å². The molecule has 1 saturated heterocycles. The van der Waals surface area contributed by atoms with Gasteiger partial charge in [0.1, 0.15) is 12.4 Å². The van der Waals surface area contributed by atoms with E-state index in [-0.39, 0.29) is 24.2 Å². The number of esters is 1. The fourth-order valence-electron chi connectivity index (χ4n) is 3.83. The van der Waals surface area contributed by atoms with Gasteiger partial charge in [0.15, 0.2) is 0 Å². The van der Waals surface area contributed by atoms with E-state index in [1.165, 1.54) is 31.4 Å². The van der Waals surface area contributed by atoms with Crippen LogP contribution in [0, 0.1) is 5.82 Å². The Bertz CT molecular complexity index is 1130. The summed E-state index contributed by atoms with van der Waals surface area (Å²) in [5.41, 5.74) is 1.62. The van der Waals surface area contributed by atoms with E-state index in [4.69, 9.17) is 4.74 Å². The summed E-state index contributed by atoms with van der Waals surface area (Å²) in [4.78, 5) is 40.9. The average molecular weight is 423 g/mol. The molecule has 4 rings (SSSR count). The first-order chi connectivity index (χ1) is 15.0. The highest BCUT2D eigenvalue weighted by Gasteiger charge is 2.26. The smallest absolute Gasteiger partial charge is 0.340 e. The molecule has 160 valence electrons. The average Bonchev–Trinajstić information content (AvgIpc) is 3.17. The van der Waals surface area contributed by atoms with Gasteiger partial charge in [-0.25, -0.2) is 9.18 Å². The lowest BCUT2D eigenvalue weighted by Crippen LogP contribution is -2.51. The minimum atomic E-state index is -0.449. The van der Waals surface area contributed by atoms with Gasteiger partial charge in [-0.15, -0.1) is 0 Å². The van der Waals surface area contributed by atoms with E-state index in [1.54, 1.807) is 20.6 Å². The van der Waals surface area contributed by atoms with Gasteiger partial charge >= 0.3 is 5.97 Å². The van der Waals surface area contributed by atoms with Crippen molar-refractivity contribution >= 4 is 28.7 Å². The number of aromatic nitrogens is 1. The zero-order valence-corrected chi connectivity index (χ0v) is 17.1. The summed E-state index contributed by atoms with van der Waals surface area (Å²) in [6.45, 7) is 1.72. The summed E-state index contributed by atoms with van der Waals surface area (Å²) in [6.07, 6.45) is 1.64. The number of hydrogen-bond acceptors (Lipinski definition) is 4. The Balaban J connectivity index is 1.42. The summed E-state index contributed by atoms with van der Waals surface area (Å²) >= 11 is 0. The molecule has 7 nitrogen and oxygen atoms in total. The van der Waals surface area contributed by atoms with E-state index in [2.05, 4.69) is 0 Å². The van der Waals surface area contributed by atoms with Gasteiger partial charge in [-0.05, 0) is 30.3 Å². The quantitative estimate of drug-likeness (QED) is 0.605. The molecule has 0 bridgehead atoms. The molecule has 0 spiro atoms. The molecular formula is C23H22FN3O4. The molecule has 2 amide bonds. The minimum Gasteiger partial charge on any atom is -0.465 e. The van der Waals surface area contributed by atoms with E-state index in [0.717, 1.165) is 10.9 Å². The third-order valence-corrected chi connectivity index (χ3v) is 5.51. The molecule has 0 saturated carbocycles. The first-order valence-corrected chi connectivity index (χ1v) is 9.96. The number of halogens is 1. The van der Waals surface area contributed by atoms with Crippen LogP contribution >= 0.6 is 0 Å². The van der Waals surface area contributed by atoms with Crippen LogP contribution in [-0.4, -0.2) is 65.4 Å². The second-order valence-corrected chi connectivity index (χ2v) is 7.36. The zero-order chi connectivity index (χ0) is 22.0. The Labute approximate surface area is 178 Å². The van der Waals surface area contributed by atoms with Crippen LogP contribution in [0.1, 0.15) is 20.7 Å². The molecular weight excluding hydrogens is 401 g/mol. The van der Waals surface area contributed by atoms with Crippen molar-refractivity contribution in [3.63, 3.8) is 0 Å². The van der Waals surface area contributed by atoms with Crippen molar-refractivity contribution in [3.05, 3.63) is 71.7 Å². The number of benzene rings is 2. The minimum absolute atomic E-state index is 0.0867. The lowest BCUT2D eigenvalue weighted by molar-refractivity contribution is -0.133. The first-order valence-electron chi connectivity index (χ1n) is 9.96. The van der Waals surface area contributed by atoms with Crippen molar-refractivity contribution in [1.29, 1.82) is 0 Å². The zero-order valence-electron chi connectivity index (χ0n) is 17.1. The molecule has 0 radical (unpaired) electrons. The maximum atomic E-state index is 13.1. The van der Waals surface area contributed by atoms with Crippen LogP contribution in [0.4, 0.5) is 4.39 Å². The number of methoxy groups -OCH3 is 1. The van der Waals surface area contributed by atoms with Crippen molar-refractivity contribution in [3.8, 4) is 0 Å². The molecule has 1 aliphatic heterocycles. The summed E-state index contributed by atoms with van der Waals surface area (Å²) in [5, 5.41) is 0.733. The third kappa shape index (κ3) is 4.14. The molecule has 1 fully saturated rings. The third-order valence-electron chi connectivity index (χ3n) is 5.51. The normalized spacial score (nSPS) is 14.0. The second kappa shape index (κ2) is 8.59. The van der Waals surface area contributed by atoms with E-state index in [0.29, 0.717) is 37.3 Å². The monoisotopic (exact) mass is 423 g/mol. The number of ether oxygens (including phenoxy) is 1. The molecule has 1 aromatic heterocycles. The molecule has 0 N–H and O–H groups in total. The molecule has 31 heavy (non-hydrogen) atoms. The summed E-state index contributed by atoms with van der Waals surface area (Å²) in [6, 6.07) is 12.8. The number of carbonyl (C=O) groups excluding carboxylic acids is 3. The lowest BCUT2D eigenvalue weighted by atomic mass is 10.1. The van der Waals surface area contributed by atoms with Gasteiger partial charge in [0.25, 0.3) is 5.91 Å². The van der Waals surface area contributed by atoms with E-state index in [1.807, 2.05) is 24.3 Å². The number of rotatable bonds is 4. The van der Waals surface area contributed by atoms with Gasteiger partial charge in [0.05, 0.1) is 12.7 Å². The standard InChI is InChI=1S/C23H22FN3O4/c1-31-23(30)19-14-27(20-5-3-2-4-18(19)20)15-21(28)25-10-12-26(13-11-25)22(29)16-6-8-17(24)9-7-16/h2-9,14H,10-13,15H2,1H3. The largest absolute Gasteiger partial charge is 0.465 e. The number of fused-ring (bicyclic) bond motifs is 1. The lowest BCUT2D eigenvalue weighted by Gasteiger charge is -2.35. The Kier molecular flexibility index (Phi) is 5.70. The summed E-state index contributed by atoms with van der Waals surface area (Å²) in [7, 11) is 1.33. The number of para-hydroxylation sites is 1. The number of amides is 2. The summed E-state index contributed by atoms with van der Waals surface area (Å²) < 4.78 is 19.7. The maximum Gasteiger partial charge on any atom is 0.340 e. The fraction of sp³-hybridized carbons (Fsp3) is 0.261. The van der Waals surface area contributed by atoms with Crippen molar-refractivity contribution in [2.45, 2.75) is 6.54 Å². The molecule has 0 unspecified atom stereocenters. The Hall–Kier alpha value is -3.68.